The fourth-order valence-corrected chi connectivity index (χ4v) is 1.39. The highest BCUT2D eigenvalue weighted by Crippen LogP contribution is 2.20. The van der Waals surface area contributed by atoms with E-state index in [1.54, 1.807) is 12.1 Å². The predicted octanol–water partition coefficient (Wildman–Crippen LogP) is 2.66. The third kappa shape index (κ3) is 2.34. The highest BCUT2D eigenvalue weighted by atomic mass is 79.9. The van der Waals surface area contributed by atoms with Crippen molar-refractivity contribution in [2.45, 2.75) is 6.92 Å². The Morgan fingerprint density at radius 2 is 2.25 bits per heavy atom. The van der Waals surface area contributed by atoms with Crippen molar-refractivity contribution in [3.8, 4) is 5.75 Å². The number of rotatable bonds is 3. The smallest absolute Gasteiger partial charge is 0.150 e. The van der Waals surface area contributed by atoms with Crippen LogP contribution in [-0.2, 0) is 0 Å². The summed E-state index contributed by atoms with van der Waals surface area (Å²) in [6, 6.07) is 5.28. The van der Waals surface area contributed by atoms with Gasteiger partial charge in [-0.1, -0.05) is 15.9 Å². The molecule has 0 saturated heterocycles. The summed E-state index contributed by atoms with van der Waals surface area (Å²) in [6.45, 7) is 2.51. The maximum absolute atomic E-state index is 10.4. The Bertz CT molecular complexity index is 284. The summed E-state index contributed by atoms with van der Waals surface area (Å²) in [6.07, 6.45) is 0.799. The van der Waals surface area contributed by atoms with Crippen LogP contribution in [0, 0.1) is 0 Å². The molecular formula is C9H9BrO2. The summed E-state index contributed by atoms with van der Waals surface area (Å²) in [7, 11) is 0. The molecule has 0 aliphatic rings. The molecule has 0 atom stereocenters. The number of ether oxygens (including phenoxy) is 1. The standard InChI is InChI=1S/C9H9BrO2/c1-2-12-9-4-7(6-11)3-8(10)5-9/h3-6H,2H2,1H3. The first-order valence-electron chi connectivity index (χ1n) is 3.65. The average Bonchev–Trinajstić information content (AvgIpc) is 2.04. The van der Waals surface area contributed by atoms with Crippen molar-refractivity contribution in [3.05, 3.63) is 28.2 Å². The van der Waals surface area contributed by atoms with Crippen molar-refractivity contribution in [1.29, 1.82) is 0 Å². The monoisotopic (exact) mass is 228 g/mol. The molecule has 0 aliphatic carbocycles. The Balaban J connectivity index is 2.97. The second-order valence-corrected chi connectivity index (χ2v) is 3.19. The van der Waals surface area contributed by atoms with Crippen LogP contribution < -0.4 is 4.74 Å². The third-order valence-corrected chi connectivity index (χ3v) is 1.80. The maximum atomic E-state index is 10.4. The highest BCUT2D eigenvalue weighted by molar-refractivity contribution is 9.10. The zero-order chi connectivity index (χ0) is 8.97. The lowest BCUT2D eigenvalue weighted by Crippen LogP contribution is -1.92. The number of halogens is 1. The second kappa shape index (κ2) is 4.26. The van der Waals surface area contributed by atoms with Gasteiger partial charge in [-0.3, -0.25) is 4.79 Å². The number of benzene rings is 1. The van der Waals surface area contributed by atoms with Gasteiger partial charge in [0.15, 0.2) is 0 Å². The molecule has 0 unspecified atom stereocenters. The van der Waals surface area contributed by atoms with Crippen molar-refractivity contribution in [3.63, 3.8) is 0 Å². The van der Waals surface area contributed by atoms with E-state index in [0.29, 0.717) is 17.9 Å². The predicted molar refractivity (Wildman–Crippen MR) is 50.7 cm³/mol. The number of hydrogen-bond acceptors (Lipinski definition) is 2. The van der Waals surface area contributed by atoms with Crippen LogP contribution in [0.2, 0.25) is 0 Å². The molecular weight excluding hydrogens is 220 g/mol. The molecule has 0 radical (unpaired) electrons. The van der Waals surface area contributed by atoms with Crippen LogP contribution in [0.15, 0.2) is 22.7 Å². The first-order chi connectivity index (χ1) is 5.76. The molecule has 0 heterocycles. The normalized spacial score (nSPS) is 9.50. The summed E-state index contributed by atoms with van der Waals surface area (Å²) in [5.74, 6) is 0.717. The van der Waals surface area contributed by atoms with Gasteiger partial charge in [-0.15, -0.1) is 0 Å². The molecule has 0 N–H and O–H groups in total. The third-order valence-electron chi connectivity index (χ3n) is 1.34. The van der Waals surface area contributed by atoms with E-state index in [9.17, 15) is 4.79 Å². The van der Waals surface area contributed by atoms with E-state index in [0.717, 1.165) is 10.8 Å². The van der Waals surface area contributed by atoms with Gasteiger partial charge in [0.1, 0.15) is 12.0 Å². The molecule has 1 rings (SSSR count). The summed E-state index contributed by atoms with van der Waals surface area (Å²) >= 11 is 3.28. The number of carbonyl (C=O) groups excluding carboxylic acids is 1. The van der Waals surface area contributed by atoms with Gasteiger partial charge in [0.2, 0.25) is 0 Å². The molecule has 2 nitrogen and oxygen atoms in total. The van der Waals surface area contributed by atoms with E-state index < -0.39 is 0 Å². The first kappa shape index (κ1) is 9.26. The van der Waals surface area contributed by atoms with Gasteiger partial charge in [-0.2, -0.15) is 0 Å². The summed E-state index contributed by atoms with van der Waals surface area (Å²) < 4.78 is 6.10. The summed E-state index contributed by atoms with van der Waals surface area (Å²) in [4.78, 5) is 10.4. The Kier molecular flexibility index (Phi) is 3.29. The van der Waals surface area contributed by atoms with Crippen molar-refractivity contribution in [2.75, 3.05) is 6.61 Å². The van der Waals surface area contributed by atoms with Gasteiger partial charge in [0, 0.05) is 10.0 Å². The molecule has 0 amide bonds. The maximum Gasteiger partial charge on any atom is 0.150 e. The SMILES string of the molecule is CCOc1cc(Br)cc(C=O)c1. The zero-order valence-corrected chi connectivity index (χ0v) is 8.30. The van der Waals surface area contributed by atoms with Gasteiger partial charge < -0.3 is 4.74 Å². The molecule has 0 fully saturated rings. The quantitative estimate of drug-likeness (QED) is 0.744. The number of hydrogen-bond donors (Lipinski definition) is 0. The molecule has 64 valence electrons. The molecule has 3 heteroatoms. The van der Waals surface area contributed by atoms with Gasteiger partial charge in [-0.05, 0) is 25.1 Å². The zero-order valence-electron chi connectivity index (χ0n) is 6.71. The van der Waals surface area contributed by atoms with Gasteiger partial charge in [-0.25, -0.2) is 0 Å². The van der Waals surface area contributed by atoms with E-state index in [4.69, 9.17) is 4.74 Å². The molecule has 12 heavy (non-hydrogen) atoms. The molecule has 0 spiro atoms. The minimum absolute atomic E-state index is 0.606. The van der Waals surface area contributed by atoms with E-state index >= 15 is 0 Å². The fraction of sp³-hybridized carbons (Fsp3) is 0.222. The van der Waals surface area contributed by atoms with Crippen LogP contribution in [0.1, 0.15) is 17.3 Å². The Labute approximate surface area is 79.7 Å². The van der Waals surface area contributed by atoms with Gasteiger partial charge in [0.25, 0.3) is 0 Å². The van der Waals surface area contributed by atoms with Crippen LogP contribution >= 0.6 is 15.9 Å². The van der Waals surface area contributed by atoms with Crippen molar-refractivity contribution in [1.82, 2.24) is 0 Å². The van der Waals surface area contributed by atoms with Crippen molar-refractivity contribution in [2.24, 2.45) is 0 Å². The highest BCUT2D eigenvalue weighted by Gasteiger charge is 1.98. The average molecular weight is 229 g/mol. The summed E-state index contributed by atoms with van der Waals surface area (Å²) in [5, 5.41) is 0. The van der Waals surface area contributed by atoms with E-state index in [2.05, 4.69) is 15.9 Å². The summed E-state index contributed by atoms with van der Waals surface area (Å²) in [5.41, 5.74) is 0.618. The minimum atomic E-state index is 0.606. The molecule has 1 aromatic carbocycles. The largest absolute Gasteiger partial charge is 0.494 e. The van der Waals surface area contributed by atoms with Crippen molar-refractivity contribution >= 4 is 22.2 Å². The van der Waals surface area contributed by atoms with Crippen LogP contribution in [0.4, 0.5) is 0 Å². The number of carbonyl (C=O) groups is 1. The lowest BCUT2D eigenvalue weighted by Gasteiger charge is -2.03. The lowest BCUT2D eigenvalue weighted by molar-refractivity contribution is 0.112. The first-order valence-corrected chi connectivity index (χ1v) is 4.44. The Hall–Kier alpha value is -0.830. The molecule has 0 aliphatic heterocycles. The molecule has 0 saturated carbocycles. The van der Waals surface area contributed by atoms with Crippen molar-refractivity contribution < 1.29 is 9.53 Å². The lowest BCUT2D eigenvalue weighted by atomic mass is 10.2. The van der Waals surface area contributed by atoms with Crippen LogP contribution in [0.25, 0.3) is 0 Å². The Morgan fingerprint density at radius 3 is 2.83 bits per heavy atom. The van der Waals surface area contributed by atoms with Gasteiger partial charge in [0.05, 0.1) is 6.61 Å². The van der Waals surface area contributed by atoms with Crippen LogP contribution in [0.5, 0.6) is 5.75 Å². The topological polar surface area (TPSA) is 26.3 Å². The molecule has 0 bridgehead atoms. The molecule has 0 aromatic heterocycles. The van der Waals surface area contributed by atoms with Gasteiger partial charge >= 0.3 is 0 Å². The van der Waals surface area contributed by atoms with E-state index in [-0.39, 0.29) is 0 Å². The van der Waals surface area contributed by atoms with E-state index in [1.165, 1.54) is 0 Å². The van der Waals surface area contributed by atoms with Crippen LogP contribution in [-0.4, -0.2) is 12.9 Å². The molecule has 1 aromatic rings. The van der Waals surface area contributed by atoms with E-state index in [1.807, 2.05) is 13.0 Å². The Morgan fingerprint density at radius 1 is 1.50 bits per heavy atom. The second-order valence-electron chi connectivity index (χ2n) is 2.27. The number of aldehydes is 1. The fourth-order valence-electron chi connectivity index (χ4n) is 0.902. The van der Waals surface area contributed by atoms with Crippen LogP contribution in [0.3, 0.4) is 0 Å². The minimum Gasteiger partial charge on any atom is -0.494 e.